The van der Waals surface area contributed by atoms with Crippen LogP contribution >= 0.6 is 0 Å². The van der Waals surface area contributed by atoms with Crippen LogP contribution in [0.5, 0.6) is 5.75 Å². The molecule has 1 saturated heterocycles. The Morgan fingerprint density at radius 1 is 0.972 bits per heavy atom. The van der Waals surface area contributed by atoms with Crippen molar-refractivity contribution in [1.82, 2.24) is 14.8 Å². The number of ether oxygens (including phenoxy) is 6. The van der Waals surface area contributed by atoms with Crippen LogP contribution in [-0.2, 0) is 38.1 Å². The van der Waals surface area contributed by atoms with E-state index in [-0.39, 0.29) is 18.4 Å². The number of benzene rings is 1. The minimum Gasteiger partial charge on any atom is -0.497 e. The molecule has 14 nitrogen and oxygen atoms in total. The van der Waals surface area contributed by atoms with Crippen molar-refractivity contribution in [2.75, 3.05) is 26.1 Å². The lowest BCUT2D eigenvalue weighted by atomic mass is 10.1. The van der Waals surface area contributed by atoms with E-state index in [4.69, 9.17) is 28.4 Å². The number of hydrogen-bond acceptors (Lipinski definition) is 13. The summed E-state index contributed by atoms with van der Waals surface area (Å²) >= 11 is 0. The minimum atomic E-state index is -1.23. The van der Waals surface area contributed by atoms with E-state index in [0.717, 1.165) is 4.68 Å². The lowest BCUT2D eigenvalue weighted by molar-refractivity contribution is -0.166. The minimum absolute atomic E-state index is 0.0254. The van der Waals surface area contributed by atoms with Gasteiger partial charge >= 0.3 is 23.9 Å². The molecule has 1 aliphatic heterocycles. The predicted molar refractivity (Wildman–Crippen MR) is 119 cm³/mol. The Bertz CT molecular complexity index is 1120. The van der Waals surface area contributed by atoms with Crippen molar-refractivity contribution in [2.45, 2.75) is 45.3 Å². The summed E-state index contributed by atoms with van der Waals surface area (Å²) in [5.41, 5.74) is 0.552. The monoisotopic (exact) mass is 506 g/mol. The molecule has 0 spiro atoms. The molecule has 1 aromatic heterocycles. The Labute approximate surface area is 205 Å². The summed E-state index contributed by atoms with van der Waals surface area (Å²) < 4.78 is 32.9. The van der Waals surface area contributed by atoms with Gasteiger partial charge in [0.1, 0.15) is 18.5 Å². The van der Waals surface area contributed by atoms with Gasteiger partial charge in [-0.3, -0.25) is 14.4 Å². The number of nitrogens with zero attached hydrogens (tertiary/aromatic N) is 3. The lowest BCUT2D eigenvalue weighted by Gasteiger charge is -2.23. The second kappa shape index (κ2) is 11.5. The third kappa shape index (κ3) is 6.27. The summed E-state index contributed by atoms with van der Waals surface area (Å²) in [6.07, 6.45) is -4.64. The smallest absolute Gasteiger partial charge is 0.378 e. The van der Waals surface area contributed by atoms with Gasteiger partial charge in [0.15, 0.2) is 18.4 Å². The van der Waals surface area contributed by atoms with Gasteiger partial charge in [-0.25, -0.2) is 4.79 Å². The van der Waals surface area contributed by atoms with E-state index in [0.29, 0.717) is 11.4 Å². The summed E-state index contributed by atoms with van der Waals surface area (Å²) in [7, 11) is 2.69. The van der Waals surface area contributed by atoms with Crippen LogP contribution in [-0.4, -0.2) is 77.8 Å². The van der Waals surface area contributed by atoms with Gasteiger partial charge in [0.2, 0.25) is 5.95 Å². The Morgan fingerprint density at radius 3 is 2.17 bits per heavy atom. The molecule has 1 fully saturated rings. The van der Waals surface area contributed by atoms with Crippen LogP contribution in [0, 0.1) is 0 Å². The maximum Gasteiger partial charge on any atom is 0.378 e. The van der Waals surface area contributed by atoms with Gasteiger partial charge in [-0.05, 0) is 24.3 Å². The van der Waals surface area contributed by atoms with E-state index in [2.05, 4.69) is 15.4 Å². The highest BCUT2D eigenvalue weighted by atomic mass is 16.7. The van der Waals surface area contributed by atoms with Crippen LogP contribution in [0.2, 0.25) is 0 Å². The lowest BCUT2D eigenvalue weighted by Crippen LogP contribution is -2.40. The van der Waals surface area contributed by atoms with Crippen LogP contribution in [0.3, 0.4) is 0 Å². The number of aromatic nitrogens is 3. The number of esters is 4. The van der Waals surface area contributed by atoms with Crippen LogP contribution < -0.4 is 10.1 Å². The van der Waals surface area contributed by atoms with Crippen molar-refractivity contribution in [3.8, 4) is 5.75 Å². The van der Waals surface area contributed by atoms with Gasteiger partial charge in [-0.1, -0.05) is 0 Å². The zero-order valence-electron chi connectivity index (χ0n) is 20.3. The molecule has 4 atom stereocenters. The number of anilines is 2. The van der Waals surface area contributed by atoms with Gasteiger partial charge in [0.05, 0.1) is 14.2 Å². The Kier molecular flexibility index (Phi) is 8.42. The fraction of sp³-hybridized carbons (Fsp3) is 0.455. The van der Waals surface area contributed by atoms with Crippen molar-refractivity contribution in [3.05, 3.63) is 30.1 Å². The number of hydrogen-bond donors (Lipinski definition) is 1. The summed E-state index contributed by atoms with van der Waals surface area (Å²) in [6.45, 7) is 3.23. The van der Waals surface area contributed by atoms with E-state index in [1.165, 1.54) is 35.0 Å². The molecule has 36 heavy (non-hydrogen) atoms. The third-order valence-electron chi connectivity index (χ3n) is 4.93. The summed E-state index contributed by atoms with van der Waals surface area (Å²) in [5.74, 6) is -2.48. The summed E-state index contributed by atoms with van der Waals surface area (Å²) in [4.78, 5) is 51.5. The summed E-state index contributed by atoms with van der Waals surface area (Å²) in [5, 5.41) is 7.18. The molecule has 14 heteroatoms. The fourth-order valence-electron chi connectivity index (χ4n) is 3.46. The fourth-order valence-corrected chi connectivity index (χ4v) is 3.46. The molecule has 1 N–H and O–H groups in total. The zero-order valence-corrected chi connectivity index (χ0v) is 20.3. The van der Waals surface area contributed by atoms with Crippen molar-refractivity contribution in [2.24, 2.45) is 0 Å². The van der Waals surface area contributed by atoms with E-state index < -0.39 is 48.4 Å². The molecule has 1 aromatic carbocycles. The Balaban J connectivity index is 2.04. The molecule has 1 aliphatic rings. The highest BCUT2D eigenvalue weighted by Crippen LogP contribution is 2.36. The molecule has 2 aromatic rings. The highest BCUT2D eigenvalue weighted by Gasteiger charge is 2.52. The second-order valence-corrected chi connectivity index (χ2v) is 7.56. The molecule has 0 unspecified atom stereocenters. The number of carbonyl (C=O) groups excluding carboxylic acids is 4. The highest BCUT2D eigenvalue weighted by molar-refractivity contribution is 5.85. The Morgan fingerprint density at radius 2 is 1.61 bits per heavy atom. The second-order valence-electron chi connectivity index (χ2n) is 7.56. The van der Waals surface area contributed by atoms with Crippen LogP contribution in [0.25, 0.3) is 0 Å². The van der Waals surface area contributed by atoms with Crippen LogP contribution in [0.15, 0.2) is 24.3 Å². The molecule has 0 radical (unpaired) electrons. The first-order valence-electron chi connectivity index (χ1n) is 10.7. The third-order valence-corrected chi connectivity index (χ3v) is 4.93. The van der Waals surface area contributed by atoms with Gasteiger partial charge in [-0.2, -0.15) is 9.67 Å². The molecule has 0 bridgehead atoms. The van der Waals surface area contributed by atoms with Gasteiger partial charge in [-0.15, -0.1) is 5.10 Å². The molecule has 2 heterocycles. The number of carbonyl (C=O) groups is 4. The van der Waals surface area contributed by atoms with E-state index >= 15 is 0 Å². The van der Waals surface area contributed by atoms with E-state index in [1.54, 1.807) is 24.3 Å². The SMILES string of the molecule is COC(=O)c1nc(Nc2ccc(OC)cc2)n([C@@H]2O[C@H](COC(C)=O)[C@@H](OC(C)=O)[C@H]2OC(C)=O)n1. The molecule has 0 aliphatic carbocycles. The largest absolute Gasteiger partial charge is 0.497 e. The predicted octanol–water partition coefficient (Wildman–Crippen LogP) is 1.14. The number of rotatable bonds is 9. The average Bonchev–Trinajstić information content (AvgIpc) is 3.38. The normalized spacial score (nSPS) is 20.8. The van der Waals surface area contributed by atoms with Crippen molar-refractivity contribution < 1.29 is 47.6 Å². The van der Waals surface area contributed by atoms with Crippen molar-refractivity contribution in [1.29, 1.82) is 0 Å². The Hall–Kier alpha value is -4.20. The average molecular weight is 506 g/mol. The van der Waals surface area contributed by atoms with Crippen molar-refractivity contribution >= 4 is 35.5 Å². The van der Waals surface area contributed by atoms with E-state index in [1.807, 2.05) is 0 Å². The zero-order chi connectivity index (χ0) is 26.4. The number of nitrogens with one attached hydrogen (secondary N) is 1. The van der Waals surface area contributed by atoms with Crippen LogP contribution in [0.4, 0.5) is 11.6 Å². The van der Waals surface area contributed by atoms with Gasteiger partial charge < -0.3 is 33.7 Å². The maximum absolute atomic E-state index is 12.2. The topological polar surface area (TPSA) is 166 Å². The number of methoxy groups -OCH3 is 2. The molecule has 3 rings (SSSR count). The maximum atomic E-state index is 12.2. The molecule has 194 valence electrons. The standard InChI is InChI=1S/C22H26N4O10/c1-11(27)33-10-16-17(34-12(2)28)18(35-13(3)29)20(36-16)26-22(24-19(25-26)21(30)32-5)23-14-6-8-15(31-4)9-7-14/h6-9,16-18,20H,10H2,1-5H3,(H,23,24,25)/t16-,17-,18-,20-/m1/s1. The first-order chi connectivity index (χ1) is 17.1. The summed E-state index contributed by atoms with van der Waals surface area (Å²) in [6, 6.07) is 6.79. The van der Waals surface area contributed by atoms with E-state index in [9.17, 15) is 19.2 Å². The molecule has 0 saturated carbocycles. The van der Waals surface area contributed by atoms with Crippen LogP contribution in [0.1, 0.15) is 37.6 Å². The first-order valence-corrected chi connectivity index (χ1v) is 10.7. The molecule has 0 amide bonds. The quantitative estimate of drug-likeness (QED) is 0.380. The first kappa shape index (κ1) is 26.4. The molecular formula is C22H26N4O10. The van der Waals surface area contributed by atoms with Crippen molar-refractivity contribution in [3.63, 3.8) is 0 Å². The van der Waals surface area contributed by atoms with Gasteiger partial charge in [0.25, 0.3) is 5.82 Å². The molecular weight excluding hydrogens is 480 g/mol. The van der Waals surface area contributed by atoms with Gasteiger partial charge in [0, 0.05) is 26.5 Å².